The molecule has 0 saturated heterocycles. The molecule has 0 atom stereocenters. The summed E-state index contributed by atoms with van der Waals surface area (Å²) in [6, 6.07) is 0. The second kappa shape index (κ2) is 13.9. The summed E-state index contributed by atoms with van der Waals surface area (Å²) >= 11 is 0. The molecule has 4 heteroatoms. The van der Waals surface area contributed by atoms with Gasteiger partial charge in [-0.2, -0.15) is 0 Å². The molecule has 0 amide bonds. The normalized spacial score (nSPS) is 10.7. The van der Waals surface area contributed by atoms with Crippen LogP contribution in [0.4, 0.5) is 0 Å². The molecule has 4 nitrogen and oxygen atoms in total. The van der Waals surface area contributed by atoms with Gasteiger partial charge in [-0.3, -0.25) is 9.59 Å². The van der Waals surface area contributed by atoms with E-state index < -0.39 is 6.29 Å². The lowest BCUT2D eigenvalue weighted by Gasteiger charge is -2.16. The van der Waals surface area contributed by atoms with Gasteiger partial charge in [0.25, 0.3) is 0 Å². The number of carbonyl (C=O) groups is 2. The standard InChI is InChI=1S/C17H32O4/c1-4-7-9-11-13-15(18)20-17(6-3)21-16(19)14-12-10-8-5-2/h17H,4-14H2,1-3H3. The van der Waals surface area contributed by atoms with Crippen molar-refractivity contribution in [2.24, 2.45) is 0 Å². The van der Waals surface area contributed by atoms with Crippen LogP contribution in [0.5, 0.6) is 0 Å². The molecule has 0 fully saturated rings. The summed E-state index contributed by atoms with van der Waals surface area (Å²) in [4.78, 5) is 23.3. The van der Waals surface area contributed by atoms with Gasteiger partial charge in [0, 0.05) is 19.3 Å². The minimum Gasteiger partial charge on any atom is -0.425 e. The molecule has 0 aromatic rings. The maximum atomic E-state index is 11.6. The Bertz CT molecular complexity index is 250. The molecule has 0 rings (SSSR count). The Balaban J connectivity index is 3.82. The number of esters is 2. The quantitative estimate of drug-likeness (QED) is 0.280. The van der Waals surface area contributed by atoms with Gasteiger partial charge >= 0.3 is 11.9 Å². The average molecular weight is 300 g/mol. The zero-order valence-corrected chi connectivity index (χ0v) is 14.0. The SMILES string of the molecule is CCCCCCC(=O)OC(CC)OC(=O)CCCCCC. The molecule has 21 heavy (non-hydrogen) atoms. The lowest BCUT2D eigenvalue weighted by Crippen LogP contribution is -2.23. The van der Waals surface area contributed by atoms with Crippen LogP contribution in [0.3, 0.4) is 0 Å². The summed E-state index contributed by atoms with van der Waals surface area (Å²) in [5, 5.41) is 0. The highest BCUT2D eigenvalue weighted by Gasteiger charge is 2.16. The van der Waals surface area contributed by atoms with Crippen LogP contribution in [0.1, 0.15) is 91.4 Å². The van der Waals surface area contributed by atoms with E-state index in [1.807, 2.05) is 6.92 Å². The third-order valence-corrected chi connectivity index (χ3v) is 3.33. The van der Waals surface area contributed by atoms with Crippen molar-refractivity contribution in [2.45, 2.75) is 97.7 Å². The van der Waals surface area contributed by atoms with E-state index in [1.54, 1.807) is 0 Å². The summed E-state index contributed by atoms with van der Waals surface area (Å²) in [6.07, 6.45) is 8.92. The van der Waals surface area contributed by atoms with Crippen molar-refractivity contribution in [3.8, 4) is 0 Å². The lowest BCUT2D eigenvalue weighted by molar-refractivity contribution is -0.188. The summed E-state index contributed by atoms with van der Waals surface area (Å²) in [7, 11) is 0. The summed E-state index contributed by atoms with van der Waals surface area (Å²) in [6.45, 7) is 6.11. The van der Waals surface area contributed by atoms with Crippen molar-refractivity contribution in [3.05, 3.63) is 0 Å². The molecule has 0 aromatic carbocycles. The van der Waals surface area contributed by atoms with E-state index in [1.165, 1.54) is 0 Å². The first-order chi connectivity index (χ1) is 10.1. The fourth-order valence-electron chi connectivity index (χ4n) is 1.99. The van der Waals surface area contributed by atoms with Crippen LogP contribution in [0.25, 0.3) is 0 Å². The summed E-state index contributed by atoms with van der Waals surface area (Å²) < 4.78 is 10.4. The van der Waals surface area contributed by atoms with Crippen LogP contribution in [0.15, 0.2) is 0 Å². The number of rotatable bonds is 13. The van der Waals surface area contributed by atoms with Gasteiger partial charge < -0.3 is 9.47 Å². The van der Waals surface area contributed by atoms with Crippen LogP contribution in [0, 0.1) is 0 Å². The van der Waals surface area contributed by atoms with E-state index in [4.69, 9.17) is 9.47 Å². The minimum absolute atomic E-state index is 0.267. The zero-order chi connectivity index (χ0) is 15.9. The number of hydrogen-bond donors (Lipinski definition) is 0. The second-order valence-corrected chi connectivity index (χ2v) is 5.44. The Morgan fingerprint density at radius 2 is 1.14 bits per heavy atom. The molecule has 0 N–H and O–H groups in total. The van der Waals surface area contributed by atoms with E-state index in [2.05, 4.69) is 13.8 Å². The van der Waals surface area contributed by atoms with E-state index >= 15 is 0 Å². The molecule has 0 aliphatic heterocycles. The third kappa shape index (κ3) is 12.4. The lowest BCUT2D eigenvalue weighted by atomic mass is 10.1. The summed E-state index contributed by atoms with van der Waals surface area (Å²) in [5.41, 5.74) is 0. The molecule has 0 aliphatic rings. The van der Waals surface area contributed by atoms with Crippen LogP contribution >= 0.6 is 0 Å². The zero-order valence-electron chi connectivity index (χ0n) is 14.0. The van der Waals surface area contributed by atoms with Crippen molar-refractivity contribution >= 4 is 11.9 Å². The second-order valence-electron chi connectivity index (χ2n) is 5.44. The molecule has 124 valence electrons. The molecule has 0 saturated carbocycles. The molecular weight excluding hydrogens is 268 g/mol. The fourth-order valence-corrected chi connectivity index (χ4v) is 1.99. The first-order valence-electron chi connectivity index (χ1n) is 8.52. The van der Waals surface area contributed by atoms with E-state index in [-0.39, 0.29) is 11.9 Å². The molecule has 0 bridgehead atoms. The van der Waals surface area contributed by atoms with Crippen molar-refractivity contribution in [3.63, 3.8) is 0 Å². The Morgan fingerprint density at radius 3 is 1.48 bits per heavy atom. The fraction of sp³-hybridized carbons (Fsp3) is 0.882. The van der Waals surface area contributed by atoms with Crippen LogP contribution in [-0.4, -0.2) is 18.2 Å². The van der Waals surface area contributed by atoms with Crippen molar-refractivity contribution in [1.29, 1.82) is 0 Å². The maximum Gasteiger partial charge on any atom is 0.308 e. The Kier molecular flexibility index (Phi) is 13.2. The van der Waals surface area contributed by atoms with Gasteiger partial charge in [-0.15, -0.1) is 0 Å². The molecule has 0 radical (unpaired) electrons. The van der Waals surface area contributed by atoms with Gasteiger partial charge in [-0.25, -0.2) is 0 Å². The Labute approximate surface area is 129 Å². The van der Waals surface area contributed by atoms with E-state index in [0.717, 1.165) is 51.4 Å². The summed E-state index contributed by atoms with van der Waals surface area (Å²) in [5.74, 6) is -0.534. The molecule has 0 heterocycles. The van der Waals surface area contributed by atoms with Gasteiger partial charge in [0.1, 0.15) is 0 Å². The minimum atomic E-state index is -0.720. The predicted molar refractivity (Wildman–Crippen MR) is 83.8 cm³/mol. The molecule has 0 unspecified atom stereocenters. The van der Waals surface area contributed by atoms with E-state index in [9.17, 15) is 9.59 Å². The monoisotopic (exact) mass is 300 g/mol. The number of hydrogen-bond acceptors (Lipinski definition) is 4. The van der Waals surface area contributed by atoms with Gasteiger partial charge in [-0.05, 0) is 12.8 Å². The Morgan fingerprint density at radius 1 is 0.714 bits per heavy atom. The smallest absolute Gasteiger partial charge is 0.308 e. The molecule has 0 aliphatic carbocycles. The van der Waals surface area contributed by atoms with Gasteiger partial charge in [0.2, 0.25) is 6.29 Å². The highest BCUT2D eigenvalue weighted by atomic mass is 16.7. The molecular formula is C17H32O4. The number of ether oxygens (including phenoxy) is 2. The molecule has 0 aromatic heterocycles. The van der Waals surface area contributed by atoms with Crippen LogP contribution < -0.4 is 0 Å². The first kappa shape index (κ1) is 19.9. The number of unbranched alkanes of at least 4 members (excludes halogenated alkanes) is 6. The van der Waals surface area contributed by atoms with Gasteiger partial charge in [-0.1, -0.05) is 59.3 Å². The Hall–Kier alpha value is -1.06. The van der Waals surface area contributed by atoms with Gasteiger partial charge in [0.15, 0.2) is 0 Å². The highest BCUT2D eigenvalue weighted by molar-refractivity contribution is 5.71. The topological polar surface area (TPSA) is 52.6 Å². The van der Waals surface area contributed by atoms with Gasteiger partial charge in [0.05, 0.1) is 0 Å². The van der Waals surface area contributed by atoms with E-state index in [0.29, 0.717) is 19.3 Å². The van der Waals surface area contributed by atoms with Crippen molar-refractivity contribution < 1.29 is 19.1 Å². The number of carbonyl (C=O) groups excluding carboxylic acids is 2. The largest absolute Gasteiger partial charge is 0.425 e. The third-order valence-electron chi connectivity index (χ3n) is 3.33. The van der Waals surface area contributed by atoms with Crippen LogP contribution in [0.2, 0.25) is 0 Å². The maximum absolute atomic E-state index is 11.6. The molecule has 0 spiro atoms. The predicted octanol–water partition coefficient (Wildman–Crippen LogP) is 4.75. The average Bonchev–Trinajstić information content (AvgIpc) is 2.47. The first-order valence-corrected chi connectivity index (χ1v) is 8.52. The highest BCUT2D eigenvalue weighted by Crippen LogP contribution is 2.10. The van der Waals surface area contributed by atoms with Crippen molar-refractivity contribution in [1.82, 2.24) is 0 Å². The van der Waals surface area contributed by atoms with Crippen molar-refractivity contribution in [2.75, 3.05) is 0 Å². The van der Waals surface area contributed by atoms with Crippen LogP contribution in [-0.2, 0) is 19.1 Å².